The second kappa shape index (κ2) is 10.2. The first kappa shape index (κ1) is 25.4. The SMILES string of the molecule is c1ccc(-c2ccc(N(c3ccc4ccccc4c3)c3cccc4oc5cccc(-c6nc7ccccc7o6)c5c34)cc2)cc1. The molecule has 0 atom stereocenters. The molecule has 0 unspecified atom stereocenters. The first-order valence-electron chi connectivity index (χ1n) is 15.0. The predicted octanol–water partition coefficient (Wildman–Crippen LogP) is 11.7. The molecule has 0 aliphatic rings. The highest BCUT2D eigenvalue weighted by Gasteiger charge is 2.23. The quantitative estimate of drug-likeness (QED) is 0.204. The Morgan fingerprint density at radius 2 is 1.11 bits per heavy atom. The molecule has 0 radical (unpaired) electrons. The van der Waals surface area contributed by atoms with Crippen LogP contribution in [-0.2, 0) is 0 Å². The number of furan rings is 1. The van der Waals surface area contributed by atoms with Gasteiger partial charge in [0.1, 0.15) is 16.7 Å². The van der Waals surface area contributed by atoms with Crippen LogP contribution in [0, 0.1) is 0 Å². The smallest absolute Gasteiger partial charge is 0.228 e. The van der Waals surface area contributed by atoms with E-state index in [0.29, 0.717) is 5.89 Å². The van der Waals surface area contributed by atoms with E-state index in [1.807, 2.05) is 48.5 Å². The molecule has 9 aromatic rings. The molecule has 4 heteroatoms. The van der Waals surface area contributed by atoms with Crippen molar-refractivity contribution in [2.45, 2.75) is 0 Å². The largest absolute Gasteiger partial charge is 0.456 e. The Morgan fingerprint density at radius 3 is 1.96 bits per heavy atom. The second-order valence-corrected chi connectivity index (χ2v) is 11.2. The van der Waals surface area contributed by atoms with Gasteiger partial charge in [0.2, 0.25) is 5.89 Å². The highest BCUT2D eigenvalue weighted by molar-refractivity contribution is 6.18. The Hall–Kier alpha value is -6.13. The van der Waals surface area contributed by atoms with E-state index in [2.05, 4.69) is 114 Å². The molecule has 0 aliphatic carbocycles. The fourth-order valence-electron chi connectivity index (χ4n) is 6.38. The van der Waals surface area contributed by atoms with Crippen molar-refractivity contribution in [3.05, 3.63) is 158 Å². The summed E-state index contributed by atoms with van der Waals surface area (Å²) in [5.41, 5.74) is 9.55. The highest BCUT2D eigenvalue weighted by atomic mass is 16.3. The molecule has 45 heavy (non-hydrogen) atoms. The van der Waals surface area contributed by atoms with Crippen LogP contribution in [-0.4, -0.2) is 4.98 Å². The standard InChI is InChI=1S/C41H26N2O2/c1-2-10-27(11-3-1)29-20-23-31(24-21-29)43(32-25-22-28-12-4-5-13-30(28)26-32)35-16-9-19-38-40(35)39-33(14-8-18-37(39)44-38)41-42-34-15-6-7-17-36(34)45-41/h1-26H. The van der Waals surface area contributed by atoms with E-state index in [9.17, 15) is 0 Å². The van der Waals surface area contributed by atoms with Crippen LogP contribution in [0.2, 0.25) is 0 Å². The highest BCUT2D eigenvalue weighted by Crippen LogP contribution is 2.46. The number of oxazole rings is 1. The fraction of sp³-hybridized carbons (Fsp3) is 0. The van der Waals surface area contributed by atoms with Gasteiger partial charge in [0.25, 0.3) is 0 Å². The van der Waals surface area contributed by atoms with Gasteiger partial charge in [0.05, 0.1) is 11.1 Å². The number of benzene rings is 7. The summed E-state index contributed by atoms with van der Waals surface area (Å²) in [7, 11) is 0. The summed E-state index contributed by atoms with van der Waals surface area (Å²) >= 11 is 0. The van der Waals surface area contributed by atoms with Gasteiger partial charge < -0.3 is 13.7 Å². The van der Waals surface area contributed by atoms with Crippen molar-refractivity contribution in [1.82, 2.24) is 4.98 Å². The average Bonchev–Trinajstić information content (AvgIpc) is 3.71. The van der Waals surface area contributed by atoms with Crippen LogP contribution < -0.4 is 4.90 Å². The molecule has 0 saturated carbocycles. The number of fused-ring (bicyclic) bond motifs is 5. The van der Waals surface area contributed by atoms with Crippen LogP contribution in [0.25, 0.3) is 66.4 Å². The summed E-state index contributed by atoms with van der Waals surface area (Å²) in [6, 6.07) is 54.6. The maximum absolute atomic E-state index is 6.50. The summed E-state index contributed by atoms with van der Waals surface area (Å²) in [5.74, 6) is 0.573. The summed E-state index contributed by atoms with van der Waals surface area (Å²) in [4.78, 5) is 7.18. The minimum absolute atomic E-state index is 0.573. The lowest BCUT2D eigenvalue weighted by molar-refractivity contribution is 0.620. The van der Waals surface area contributed by atoms with Gasteiger partial charge in [-0.25, -0.2) is 4.98 Å². The Kier molecular flexibility index (Phi) is 5.78. The van der Waals surface area contributed by atoms with E-state index in [-0.39, 0.29) is 0 Å². The molecule has 0 aliphatic heterocycles. The van der Waals surface area contributed by atoms with Gasteiger partial charge >= 0.3 is 0 Å². The third-order valence-corrected chi connectivity index (χ3v) is 8.49. The van der Waals surface area contributed by atoms with Crippen LogP contribution in [0.3, 0.4) is 0 Å². The summed E-state index contributed by atoms with van der Waals surface area (Å²) in [5, 5.41) is 4.36. The number of anilines is 3. The maximum Gasteiger partial charge on any atom is 0.228 e. The van der Waals surface area contributed by atoms with Gasteiger partial charge in [-0.05, 0) is 82.6 Å². The summed E-state index contributed by atoms with van der Waals surface area (Å²) < 4.78 is 12.8. The van der Waals surface area contributed by atoms with Gasteiger partial charge in [0, 0.05) is 22.3 Å². The zero-order chi connectivity index (χ0) is 29.7. The molecule has 0 saturated heterocycles. The summed E-state index contributed by atoms with van der Waals surface area (Å²) in [6.07, 6.45) is 0. The predicted molar refractivity (Wildman–Crippen MR) is 184 cm³/mol. The molecule has 0 fully saturated rings. The molecule has 2 heterocycles. The normalized spacial score (nSPS) is 11.6. The molecule has 0 spiro atoms. The molecule has 212 valence electrons. The number of rotatable bonds is 5. The molecule has 9 rings (SSSR count). The molecule has 0 N–H and O–H groups in total. The monoisotopic (exact) mass is 578 g/mol. The van der Waals surface area contributed by atoms with Gasteiger partial charge in [-0.2, -0.15) is 0 Å². The minimum Gasteiger partial charge on any atom is -0.456 e. The number of hydrogen-bond donors (Lipinski definition) is 0. The lowest BCUT2D eigenvalue weighted by atomic mass is 10.0. The lowest BCUT2D eigenvalue weighted by Crippen LogP contribution is -2.10. The van der Waals surface area contributed by atoms with Crippen molar-refractivity contribution in [1.29, 1.82) is 0 Å². The number of nitrogens with zero attached hydrogens (tertiary/aromatic N) is 2. The number of hydrogen-bond acceptors (Lipinski definition) is 4. The van der Waals surface area contributed by atoms with E-state index >= 15 is 0 Å². The summed E-state index contributed by atoms with van der Waals surface area (Å²) in [6.45, 7) is 0. The van der Waals surface area contributed by atoms with Gasteiger partial charge in [0.15, 0.2) is 5.58 Å². The molecular formula is C41H26N2O2. The second-order valence-electron chi connectivity index (χ2n) is 11.2. The third kappa shape index (κ3) is 4.27. The van der Waals surface area contributed by atoms with Crippen LogP contribution in [0.4, 0.5) is 17.1 Å². The van der Waals surface area contributed by atoms with Crippen LogP contribution >= 0.6 is 0 Å². The van der Waals surface area contributed by atoms with E-state index in [0.717, 1.165) is 55.7 Å². The van der Waals surface area contributed by atoms with Crippen molar-refractivity contribution in [2.24, 2.45) is 0 Å². The van der Waals surface area contributed by atoms with Gasteiger partial charge in [-0.3, -0.25) is 0 Å². The van der Waals surface area contributed by atoms with E-state index in [4.69, 9.17) is 13.8 Å². The molecule has 7 aromatic carbocycles. The zero-order valence-corrected chi connectivity index (χ0v) is 24.2. The molecule has 0 amide bonds. The van der Waals surface area contributed by atoms with Crippen molar-refractivity contribution in [2.75, 3.05) is 4.90 Å². The molecular weight excluding hydrogens is 552 g/mol. The topological polar surface area (TPSA) is 42.4 Å². The maximum atomic E-state index is 6.50. The Bertz CT molecular complexity index is 2460. The Labute approximate surface area is 259 Å². The first-order chi connectivity index (χ1) is 22.3. The lowest BCUT2D eigenvalue weighted by Gasteiger charge is -2.27. The zero-order valence-electron chi connectivity index (χ0n) is 24.2. The van der Waals surface area contributed by atoms with Gasteiger partial charge in [-0.15, -0.1) is 0 Å². The number of aromatic nitrogens is 1. The van der Waals surface area contributed by atoms with E-state index in [1.165, 1.54) is 21.9 Å². The van der Waals surface area contributed by atoms with Crippen molar-refractivity contribution in [3.63, 3.8) is 0 Å². The molecule has 4 nitrogen and oxygen atoms in total. The average molecular weight is 579 g/mol. The van der Waals surface area contributed by atoms with Crippen molar-refractivity contribution in [3.8, 4) is 22.6 Å². The Balaban J connectivity index is 1.30. The first-order valence-corrected chi connectivity index (χ1v) is 15.0. The van der Waals surface area contributed by atoms with E-state index in [1.54, 1.807) is 0 Å². The number of para-hydroxylation sites is 2. The van der Waals surface area contributed by atoms with Crippen LogP contribution in [0.5, 0.6) is 0 Å². The minimum atomic E-state index is 0.573. The van der Waals surface area contributed by atoms with Crippen LogP contribution in [0.15, 0.2) is 167 Å². The molecule has 0 bridgehead atoms. The molecule has 2 aromatic heterocycles. The third-order valence-electron chi connectivity index (χ3n) is 8.49. The van der Waals surface area contributed by atoms with Crippen LogP contribution in [0.1, 0.15) is 0 Å². The van der Waals surface area contributed by atoms with Crippen molar-refractivity contribution < 1.29 is 8.83 Å². The fourth-order valence-corrected chi connectivity index (χ4v) is 6.38. The van der Waals surface area contributed by atoms with E-state index < -0.39 is 0 Å². The van der Waals surface area contributed by atoms with Gasteiger partial charge in [-0.1, -0.05) is 97.1 Å². The Morgan fingerprint density at radius 1 is 0.444 bits per heavy atom. The van der Waals surface area contributed by atoms with Crippen molar-refractivity contribution >= 4 is 60.9 Å².